The first-order chi connectivity index (χ1) is 16.0. The van der Waals surface area contributed by atoms with Crippen LogP contribution in [-0.4, -0.2) is 34.4 Å². The van der Waals surface area contributed by atoms with Crippen molar-refractivity contribution in [2.45, 2.75) is 51.7 Å². The highest BCUT2D eigenvalue weighted by atomic mass is 35.5. The van der Waals surface area contributed by atoms with Gasteiger partial charge in [0.05, 0.1) is 16.7 Å². The Morgan fingerprint density at radius 3 is 2.55 bits per heavy atom. The maximum absolute atomic E-state index is 13.2. The number of aryl methyl sites for hydroxylation is 2. The second-order valence-electron chi connectivity index (χ2n) is 7.56. The average Bonchev–Trinajstić information content (AvgIpc) is 2.81. The zero-order valence-electron chi connectivity index (χ0n) is 19.3. The van der Waals surface area contributed by atoms with Crippen LogP contribution in [0.1, 0.15) is 38.3 Å². The monoisotopic (exact) mass is 487 g/mol. The average molecular weight is 488 g/mol. The molecular formula is C25H30ClN3O3S. The molecule has 0 atom stereocenters. The molecule has 0 aliphatic carbocycles. The van der Waals surface area contributed by atoms with Gasteiger partial charge >= 0.3 is 0 Å². The molecule has 3 aromatic rings. The lowest BCUT2D eigenvalue weighted by Gasteiger charge is -2.15. The molecule has 0 aliphatic heterocycles. The van der Waals surface area contributed by atoms with Crippen molar-refractivity contribution in [2.24, 2.45) is 0 Å². The summed E-state index contributed by atoms with van der Waals surface area (Å²) in [6.07, 6.45) is 2.35. The Kier molecular flexibility index (Phi) is 9.35. The van der Waals surface area contributed by atoms with Crippen molar-refractivity contribution in [2.75, 3.05) is 24.3 Å². The van der Waals surface area contributed by atoms with Crippen LogP contribution in [-0.2, 0) is 28.9 Å². The molecule has 0 fully saturated rings. The Morgan fingerprint density at radius 2 is 1.88 bits per heavy atom. The van der Waals surface area contributed by atoms with Gasteiger partial charge in [0.15, 0.2) is 5.16 Å². The number of carbonyl (C=O) groups excluding carboxylic acids is 1. The van der Waals surface area contributed by atoms with Crippen LogP contribution in [0.3, 0.4) is 0 Å². The van der Waals surface area contributed by atoms with E-state index in [4.69, 9.17) is 16.3 Å². The van der Waals surface area contributed by atoms with Gasteiger partial charge in [-0.15, -0.1) is 0 Å². The maximum Gasteiger partial charge on any atom is 0.262 e. The smallest absolute Gasteiger partial charge is 0.262 e. The normalized spacial score (nSPS) is 11.2. The summed E-state index contributed by atoms with van der Waals surface area (Å²) in [5.74, 6) is 0.0162. The number of hydrogen-bond donors (Lipinski definition) is 1. The van der Waals surface area contributed by atoms with Crippen LogP contribution in [0.15, 0.2) is 46.3 Å². The van der Waals surface area contributed by atoms with E-state index in [0.29, 0.717) is 47.3 Å². The lowest BCUT2D eigenvalue weighted by Crippen LogP contribution is -2.25. The van der Waals surface area contributed by atoms with E-state index in [1.807, 2.05) is 25.1 Å². The van der Waals surface area contributed by atoms with E-state index in [-0.39, 0.29) is 17.2 Å². The molecule has 0 bridgehead atoms. The second kappa shape index (κ2) is 12.2. The van der Waals surface area contributed by atoms with E-state index in [9.17, 15) is 9.59 Å². The third kappa shape index (κ3) is 6.37. The molecule has 6 nitrogen and oxygen atoms in total. The fourth-order valence-corrected chi connectivity index (χ4v) is 4.65. The Morgan fingerprint density at radius 1 is 1.15 bits per heavy atom. The summed E-state index contributed by atoms with van der Waals surface area (Å²) in [5, 5.41) is 4.60. The summed E-state index contributed by atoms with van der Waals surface area (Å²) in [5.41, 5.74) is 3.50. The summed E-state index contributed by atoms with van der Waals surface area (Å²) in [6.45, 7) is 7.74. The molecule has 0 aliphatic rings. The Labute approximate surface area is 203 Å². The Hall–Kier alpha value is -2.35. The van der Waals surface area contributed by atoms with Crippen LogP contribution in [0.5, 0.6) is 0 Å². The van der Waals surface area contributed by atoms with Crippen molar-refractivity contribution in [3.8, 4) is 0 Å². The molecule has 0 unspecified atom stereocenters. The number of anilines is 1. The summed E-state index contributed by atoms with van der Waals surface area (Å²) >= 11 is 7.38. The van der Waals surface area contributed by atoms with Crippen molar-refractivity contribution in [3.63, 3.8) is 0 Å². The lowest BCUT2D eigenvalue weighted by atomic mass is 10.0. The van der Waals surface area contributed by atoms with Crippen LogP contribution < -0.4 is 10.9 Å². The molecule has 176 valence electrons. The summed E-state index contributed by atoms with van der Waals surface area (Å²) in [6, 6.07) is 11.2. The van der Waals surface area contributed by atoms with E-state index in [0.717, 1.165) is 29.7 Å². The van der Waals surface area contributed by atoms with Gasteiger partial charge in [-0.1, -0.05) is 55.4 Å². The van der Waals surface area contributed by atoms with Crippen molar-refractivity contribution in [3.05, 3.63) is 62.9 Å². The summed E-state index contributed by atoms with van der Waals surface area (Å²) < 4.78 is 7.05. The molecule has 2 aromatic carbocycles. The molecule has 0 saturated carbocycles. The van der Waals surface area contributed by atoms with Gasteiger partial charge in [0, 0.05) is 30.5 Å². The molecule has 1 N–H and O–H groups in total. The molecule has 8 heteroatoms. The van der Waals surface area contributed by atoms with Gasteiger partial charge in [-0.2, -0.15) is 0 Å². The van der Waals surface area contributed by atoms with Crippen LogP contribution in [0.2, 0.25) is 5.02 Å². The van der Waals surface area contributed by atoms with Gasteiger partial charge in [-0.3, -0.25) is 14.2 Å². The van der Waals surface area contributed by atoms with Crippen molar-refractivity contribution < 1.29 is 9.53 Å². The topological polar surface area (TPSA) is 73.2 Å². The quantitative estimate of drug-likeness (QED) is 0.225. The second-order valence-corrected chi connectivity index (χ2v) is 8.94. The number of halogens is 1. The third-order valence-electron chi connectivity index (χ3n) is 5.35. The van der Waals surface area contributed by atoms with Gasteiger partial charge in [0.2, 0.25) is 5.91 Å². The molecule has 1 amide bonds. The minimum atomic E-state index is -0.138. The van der Waals surface area contributed by atoms with E-state index >= 15 is 0 Å². The van der Waals surface area contributed by atoms with Crippen LogP contribution in [0.25, 0.3) is 10.9 Å². The largest absolute Gasteiger partial charge is 0.382 e. The number of amides is 1. The fourth-order valence-electron chi connectivity index (χ4n) is 3.66. The maximum atomic E-state index is 13.2. The number of nitrogens with one attached hydrogen (secondary N) is 1. The number of thioether (sulfide) groups is 1. The zero-order chi connectivity index (χ0) is 23.8. The van der Waals surface area contributed by atoms with Crippen molar-refractivity contribution >= 4 is 45.9 Å². The number of hydrogen-bond acceptors (Lipinski definition) is 5. The predicted octanol–water partition coefficient (Wildman–Crippen LogP) is 5.33. The standard InChI is InChI=1S/C25H30ClN3O3S/c1-4-17-9-7-10-18(5-2)23(17)28-22(30)16-33-25-27-21-15-19(26)11-12-20(21)24(31)29(25)13-8-14-32-6-3/h7,9-12,15H,4-6,8,13-14,16H2,1-3H3,(H,28,30). The van der Waals surface area contributed by atoms with Crippen molar-refractivity contribution in [1.29, 1.82) is 0 Å². The fraction of sp³-hybridized carbons (Fsp3) is 0.400. The molecule has 0 spiro atoms. The van der Waals surface area contributed by atoms with Gasteiger partial charge in [0.25, 0.3) is 5.56 Å². The first-order valence-electron chi connectivity index (χ1n) is 11.3. The Balaban J connectivity index is 1.84. The minimum absolute atomic E-state index is 0.128. The number of rotatable bonds is 11. The van der Waals surface area contributed by atoms with Gasteiger partial charge in [-0.25, -0.2) is 4.98 Å². The highest BCUT2D eigenvalue weighted by molar-refractivity contribution is 7.99. The van der Waals surface area contributed by atoms with E-state index in [2.05, 4.69) is 24.1 Å². The van der Waals surface area contributed by atoms with E-state index < -0.39 is 0 Å². The first-order valence-corrected chi connectivity index (χ1v) is 12.7. The van der Waals surface area contributed by atoms with E-state index in [1.54, 1.807) is 22.8 Å². The Bertz CT molecular complexity index is 1160. The number of para-hydroxylation sites is 1. The molecule has 1 heterocycles. The van der Waals surface area contributed by atoms with Crippen molar-refractivity contribution in [1.82, 2.24) is 9.55 Å². The van der Waals surface area contributed by atoms with Gasteiger partial charge in [-0.05, 0) is 55.5 Å². The molecule has 0 saturated heterocycles. The molecule has 3 rings (SSSR count). The van der Waals surface area contributed by atoms with E-state index in [1.165, 1.54) is 11.8 Å². The minimum Gasteiger partial charge on any atom is -0.382 e. The number of nitrogens with zero attached hydrogens (tertiary/aromatic N) is 2. The summed E-state index contributed by atoms with van der Waals surface area (Å²) in [4.78, 5) is 30.7. The number of carbonyl (C=O) groups is 1. The first kappa shape index (κ1) is 25.3. The van der Waals surface area contributed by atoms with Gasteiger partial charge in [0.1, 0.15) is 0 Å². The van der Waals surface area contributed by atoms with Crippen LogP contribution in [0, 0.1) is 0 Å². The van der Waals surface area contributed by atoms with Crippen LogP contribution >= 0.6 is 23.4 Å². The highest BCUT2D eigenvalue weighted by Crippen LogP contribution is 2.24. The summed E-state index contributed by atoms with van der Waals surface area (Å²) in [7, 11) is 0. The molecule has 1 aromatic heterocycles. The predicted molar refractivity (Wildman–Crippen MR) is 137 cm³/mol. The van der Waals surface area contributed by atoms with Gasteiger partial charge < -0.3 is 10.1 Å². The SMILES string of the molecule is CCOCCCn1c(SCC(=O)Nc2c(CC)cccc2CC)nc2cc(Cl)ccc2c1=O. The number of ether oxygens (including phenoxy) is 1. The molecular weight excluding hydrogens is 458 g/mol. The number of fused-ring (bicyclic) bond motifs is 1. The number of aromatic nitrogens is 2. The lowest BCUT2D eigenvalue weighted by molar-refractivity contribution is -0.113. The molecule has 0 radical (unpaired) electrons. The zero-order valence-corrected chi connectivity index (χ0v) is 20.9. The highest BCUT2D eigenvalue weighted by Gasteiger charge is 2.15. The molecule has 33 heavy (non-hydrogen) atoms. The van der Waals surface area contributed by atoms with Crippen LogP contribution in [0.4, 0.5) is 5.69 Å². The number of benzene rings is 2. The third-order valence-corrected chi connectivity index (χ3v) is 6.56.